The Morgan fingerprint density at radius 1 is 1.20 bits per heavy atom. The van der Waals surface area contributed by atoms with Gasteiger partial charge in [-0.05, 0) is 46.9 Å². The quantitative estimate of drug-likeness (QED) is 0.486. The number of carbonyl (C=O) groups is 1. The Bertz CT molecular complexity index is 829. The summed E-state index contributed by atoms with van der Waals surface area (Å²) in [6, 6.07) is 6.88. The molecule has 0 fully saturated rings. The Morgan fingerprint density at radius 2 is 2.00 bits per heavy atom. The van der Waals surface area contributed by atoms with Crippen molar-refractivity contribution in [3.63, 3.8) is 0 Å². The van der Waals surface area contributed by atoms with Crippen LogP contribution in [-0.4, -0.2) is 15.8 Å². The van der Waals surface area contributed by atoms with Crippen molar-refractivity contribution >= 4 is 62.6 Å². The molecular weight excluding hydrogens is 410 g/mol. The number of nitrogens with zero attached hydrogens (tertiary/aromatic N) is 1. The van der Waals surface area contributed by atoms with Crippen molar-refractivity contribution in [1.82, 2.24) is 9.97 Å². The number of ketones is 1. The third-order valence-corrected chi connectivity index (χ3v) is 4.84. The molecule has 0 radical (unpaired) electrons. The van der Waals surface area contributed by atoms with E-state index in [1.165, 1.54) is 0 Å². The highest BCUT2D eigenvalue weighted by Gasteiger charge is 2.17. The summed E-state index contributed by atoms with van der Waals surface area (Å²) in [5.41, 5.74) is 1.61. The van der Waals surface area contributed by atoms with Crippen molar-refractivity contribution < 1.29 is 4.79 Å². The molecule has 0 aliphatic rings. The molecule has 0 bridgehead atoms. The normalized spacial score (nSPS) is 10.9. The first-order chi connectivity index (χ1) is 9.58. The zero-order valence-electron chi connectivity index (χ0n) is 9.95. The van der Waals surface area contributed by atoms with Crippen LogP contribution in [0.1, 0.15) is 15.9 Å². The Labute approximate surface area is 138 Å². The van der Waals surface area contributed by atoms with Crippen molar-refractivity contribution in [2.45, 2.75) is 0 Å². The fourth-order valence-electron chi connectivity index (χ4n) is 1.99. The van der Waals surface area contributed by atoms with Gasteiger partial charge >= 0.3 is 0 Å². The van der Waals surface area contributed by atoms with Crippen LogP contribution in [0.15, 0.2) is 36.7 Å². The van der Waals surface area contributed by atoms with E-state index in [-0.39, 0.29) is 5.78 Å². The number of aromatic nitrogens is 2. The van der Waals surface area contributed by atoms with Crippen LogP contribution in [0.4, 0.5) is 0 Å². The maximum Gasteiger partial charge on any atom is 0.195 e. The fraction of sp³-hybridized carbons (Fsp3) is 0. The van der Waals surface area contributed by atoms with Crippen LogP contribution in [0.25, 0.3) is 11.0 Å². The van der Waals surface area contributed by atoms with Gasteiger partial charge in [0, 0.05) is 26.9 Å². The third-order valence-electron chi connectivity index (χ3n) is 2.95. The molecule has 6 heteroatoms. The zero-order valence-corrected chi connectivity index (χ0v) is 13.6. The largest absolute Gasteiger partial charge is 0.345 e. The van der Waals surface area contributed by atoms with E-state index in [0.717, 1.165) is 3.57 Å². The number of rotatable bonds is 2. The van der Waals surface area contributed by atoms with E-state index in [9.17, 15) is 4.79 Å². The monoisotopic (exact) mass is 416 g/mol. The van der Waals surface area contributed by atoms with Crippen molar-refractivity contribution in [2.24, 2.45) is 0 Å². The van der Waals surface area contributed by atoms with Crippen molar-refractivity contribution in [3.05, 3.63) is 61.4 Å². The summed E-state index contributed by atoms with van der Waals surface area (Å²) in [5, 5.41) is 1.69. The molecule has 2 aromatic heterocycles. The van der Waals surface area contributed by atoms with E-state index in [4.69, 9.17) is 23.2 Å². The molecule has 0 unspecified atom stereocenters. The predicted molar refractivity (Wildman–Crippen MR) is 88.7 cm³/mol. The maximum atomic E-state index is 12.6. The number of benzene rings is 1. The van der Waals surface area contributed by atoms with E-state index in [1.54, 1.807) is 30.6 Å². The highest BCUT2D eigenvalue weighted by atomic mass is 127. The fourth-order valence-corrected chi connectivity index (χ4v) is 2.75. The lowest BCUT2D eigenvalue weighted by atomic mass is 10.0. The van der Waals surface area contributed by atoms with Crippen molar-refractivity contribution in [2.75, 3.05) is 0 Å². The Hall–Kier alpha value is -1.11. The number of hydrogen-bond acceptors (Lipinski definition) is 2. The first kappa shape index (κ1) is 13.9. The number of halogens is 3. The predicted octanol–water partition coefficient (Wildman–Crippen LogP) is 4.71. The van der Waals surface area contributed by atoms with Crippen LogP contribution in [0, 0.1) is 3.57 Å². The molecule has 3 rings (SSSR count). The van der Waals surface area contributed by atoms with Crippen LogP contribution in [-0.2, 0) is 0 Å². The molecule has 0 amide bonds. The molecule has 100 valence electrons. The molecule has 20 heavy (non-hydrogen) atoms. The van der Waals surface area contributed by atoms with Gasteiger partial charge in [-0.15, -0.1) is 0 Å². The van der Waals surface area contributed by atoms with Gasteiger partial charge in [-0.25, -0.2) is 4.98 Å². The molecule has 0 saturated carbocycles. The topological polar surface area (TPSA) is 45.8 Å². The lowest BCUT2D eigenvalue weighted by Crippen LogP contribution is -2.01. The summed E-state index contributed by atoms with van der Waals surface area (Å²) in [6.07, 6.45) is 3.22. The van der Waals surface area contributed by atoms with Crippen molar-refractivity contribution in [1.29, 1.82) is 0 Å². The summed E-state index contributed by atoms with van der Waals surface area (Å²) in [4.78, 5) is 19.7. The number of aromatic amines is 1. The molecule has 2 heterocycles. The summed E-state index contributed by atoms with van der Waals surface area (Å²) in [5.74, 6) is -0.135. The molecule has 0 spiro atoms. The van der Waals surface area contributed by atoms with Crippen LogP contribution in [0.3, 0.4) is 0 Å². The van der Waals surface area contributed by atoms with Crippen LogP contribution in [0.5, 0.6) is 0 Å². The van der Waals surface area contributed by atoms with E-state index in [2.05, 4.69) is 32.6 Å². The van der Waals surface area contributed by atoms with Crippen LogP contribution in [0.2, 0.25) is 10.0 Å². The first-order valence-electron chi connectivity index (χ1n) is 5.69. The smallest absolute Gasteiger partial charge is 0.195 e. The Kier molecular flexibility index (Phi) is 3.70. The van der Waals surface area contributed by atoms with Gasteiger partial charge in [0.1, 0.15) is 5.65 Å². The maximum absolute atomic E-state index is 12.6. The lowest BCUT2D eigenvalue weighted by Gasteiger charge is -2.03. The zero-order chi connectivity index (χ0) is 14.3. The highest BCUT2D eigenvalue weighted by Crippen LogP contribution is 2.28. The Morgan fingerprint density at radius 3 is 2.75 bits per heavy atom. The minimum Gasteiger partial charge on any atom is -0.345 e. The second kappa shape index (κ2) is 5.35. The molecule has 3 aromatic rings. The summed E-state index contributed by atoms with van der Waals surface area (Å²) in [7, 11) is 0. The second-order valence-corrected chi connectivity index (χ2v) is 6.15. The van der Waals surface area contributed by atoms with E-state index >= 15 is 0 Å². The molecule has 1 N–H and O–H groups in total. The molecule has 0 aliphatic heterocycles. The average molecular weight is 417 g/mol. The molecule has 0 atom stereocenters. The first-order valence-corrected chi connectivity index (χ1v) is 7.52. The van der Waals surface area contributed by atoms with Gasteiger partial charge in [0.2, 0.25) is 0 Å². The summed E-state index contributed by atoms with van der Waals surface area (Å²) < 4.78 is 0.902. The SMILES string of the molecule is O=C(c1ccc(I)c(Cl)c1)c1c[nH]c2nccc(Cl)c12. The third kappa shape index (κ3) is 2.32. The molecule has 0 saturated heterocycles. The number of fused-ring (bicyclic) bond motifs is 1. The van der Waals surface area contributed by atoms with Gasteiger partial charge in [-0.2, -0.15) is 0 Å². The number of carbonyl (C=O) groups excluding carboxylic acids is 1. The van der Waals surface area contributed by atoms with E-state index in [0.29, 0.717) is 32.2 Å². The van der Waals surface area contributed by atoms with Gasteiger partial charge in [0.05, 0.1) is 15.6 Å². The van der Waals surface area contributed by atoms with Gasteiger partial charge in [-0.3, -0.25) is 4.79 Å². The molecule has 0 aliphatic carbocycles. The van der Waals surface area contributed by atoms with E-state index in [1.807, 2.05) is 6.07 Å². The van der Waals surface area contributed by atoms with Crippen LogP contribution < -0.4 is 0 Å². The molecular formula is C14H7Cl2IN2O. The second-order valence-electron chi connectivity index (χ2n) is 4.18. The standard InChI is InChI=1S/C14H7Cl2IN2O/c15-9-3-4-18-14-12(9)8(6-19-14)13(20)7-1-2-11(17)10(16)5-7/h1-6H,(H,18,19). The Balaban J connectivity index is 2.15. The number of nitrogens with one attached hydrogen (secondary N) is 1. The minimum absolute atomic E-state index is 0.135. The van der Waals surface area contributed by atoms with Crippen molar-refractivity contribution in [3.8, 4) is 0 Å². The number of pyridine rings is 1. The molecule has 3 nitrogen and oxygen atoms in total. The molecule has 1 aromatic carbocycles. The lowest BCUT2D eigenvalue weighted by molar-refractivity contribution is 0.104. The van der Waals surface area contributed by atoms with Crippen LogP contribution >= 0.6 is 45.8 Å². The van der Waals surface area contributed by atoms with E-state index < -0.39 is 0 Å². The summed E-state index contributed by atoms with van der Waals surface area (Å²) >= 11 is 14.3. The number of hydrogen-bond donors (Lipinski definition) is 1. The number of H-pyrrole nitrogens is 1. The van der Waals surface area contributed by atoms with Gasteiger partial charge in [0.15, 0.2) is 5.78 Å². The minimum atomic E-state index is -0.135. The van der Waals surface area contributed by atoms with Gasteiger partial charge in [-0.1, -0.05) is 23.2 Å². The average Bonchev–Trinajstić information content (AvgIpc) is 2.86. The highest BCUT2D eigenvalue weighted by molar-refractivity contribution is 14.1. The van der Waals surface area contributed by atoms with Gasteiger partial charge in [0.25, 0.3) is 0 Å². The summed E-state index contributed by atoms with van der Waals surface area (Å²) in [6.45, 7) is 0. The van der Waals surface area contributed by atoms with Gasteiger partial charge < -0.3 is 4.98 Å².